The van der Waals surface area contributed by atoms with Gasteiger partial charge in [0, 0.05) is 25.3 Å². The summed E-state index contributed by atoms with van der Waals surface area (Å²) in [7, 11) is 0. The molecule has 0 bridgehead atoms. The molecule has 1 fully saturated rings. The van der Waals surface area contributed by atoms with E-state index in [1.165, 1.54) is 43.6 Å². The number of nitrogens with zero attached hydrogens (tertiary/aromatic N) is 1. The van der Waals surface area contributed by atoms with Crippen molar-refractivity contribution in [2.75, 3.05) is 18.0 Å². The zero-order valence-electron chi connectivity index (χ0n) is 12.7. The van der Waals surface area contributed by atoms with E-state index in [9.17, 15) is 0 Å². The van der Waals surface area contributed by atoms with Crippen molar-refractivity contribution >= 4 is 5.69 Å². The summed E-state index contributed by atoms with van der Waals surface area (Å²) in [5, 5.41) is 0. The van der Waals surface area contributed by atoms with Crippen LogP contribution in [0.15, 0.2) is 24.3 Å². The quantitative estimate of drug-likeness (QED) is 0.876. The van der Waals surface area contributed by atoms with Crippen molar-refractivity contribution in [3.63, 3.8) is 0 Å². The number of para-hydroxylation sites is 1. The van der Waals surface area contributed by atoms with Gasteiger partial charge in [-0.3, -0.25) is 0 Å². The van der Waals surface area contributed by atoms with Crippen molar-refractivity contribution < 1.29 is 0 Å². The Hall–Kier alpha value is -1.02. The third-order valence-corrected chi connectivity index (χ3v) is 4.51. The molecule has 1 unspecified atom stereocenters. The largest absolute Gasteiger partial charge is 0.371 e. The summed E-state index contributed by atoms with van der Waals surface area (Å²) in [4.78, 5) is 2.54. The lowest BCUT2D eigenvalue weighted by Gasteiger charge is -2.30. The van der Waals surface area contributed by atoms with Crippen molar-refractivity contribution in [1.29, 1.82) is 0 Å². The highest BCUT2D eigenvalue weighted by atomic mass is 15.1. The zero-order valence-corrected chi connectivity index (χ0v) is 12.7. The van der Waals surface area contributed by atoms with Gasteiger partial charge >= 0.3 is 0 Å². The Morgan fingerprint density at radius 3 is 2.58 bits per heavy atom. The molecule has 2 rings (SSSR count). The number of rotatable bonds is 2. The van der Waals surface area contributed by atoms with Gasteiger partial charge in [0.05, 0.1) is 0 Å². The molecule has 1 atom stereocenters. The second-order valence-electron chi connectivity index (χ2n) is 6.81. The first-order valence-electron chi connectivity index (χ1n) is 7.55. The van der Waals surface area contributed by atoms with E-state index in [0.29, 0.717) is 12.0 Å². The molecular weight excluding hydrogens is 232 g/mol. The molecule has 1 aliphatic rings. The third-order valence-electron chi connectivity index (χ3n) is 4.51. The van der Waals surface area contributed by atoms with E-state index >= 15 is 0 Å². The van der Waals surface area contributed by atoms with Crippen LogP contribution in [0.25, 0.3) is 0 Å². The van der Waals surface area contributed by atoms with Gasteiger partial charge in [0.15, 0.2) is 0 Å². The average molecular weight is 260 g/mol. The van der Waals surface area contributed by atoms with Crippen LogP contribution in [0.5, 0.6) is 0 Å². The maximum atomic E-state index is 5.87. The Morgan fingerprint density at radius 1 is 1.16 bits per heavy atom. The second kappa shape index (κ2) is 5.96. The first kappa shape index (κ1) is 14.4. The number of benzene rings is 1. The van der Waals surface area contributed by atoms with E-state index in [-0.39, 0.29) is 0 Å². The topological polar surface area (TPSA) is 29.3 Å². The highest BCUT2D eigenvalue weighted by Gasteiger charge is 2.27. The first-order valence-corrected chi connectivity index (χ1v) is 7.55. The van der Waals surface area contributed by atoms with Crippen LogP contribution in [0.1, 0.15) is 45.6 Å². The van der Waals surface area contributed by atoms with E-state index in [1.54, 1.807) is 0 Å². The van der Waals surface area contributed by atoms with Crippen molar-refractivity contribution in [2.24, 2.45) is 17.1 Å². The number of anilines is 1. The molecule has 19 heavy (non-hydrogen) atoms. The fourth-order valence-electron chi connectivity index (χ4n) is 3.20. The van der Waals surface area contributed by atoms with Crippen molar-refractivity contribution in [3.05, 3.63) is 29.8 Å². The maximum absolute atomic E-state index is 5.87. The molecule has 106 valence electrons. The molecule has 1 aromatic carbocycles. The van der Waals surface area contributed by atoms with E-state index in [4.69, 9.17) is 5.73 Å². The van der Waals surface area contributed by atoms with Gasteiger partial charge < -0.3 is 10.6 Å². The number of hydrogen-bond acceptors (Lipinski definition) is 2. The minimum Gasteiger partial charge on any atom is -0.371 e. The van der Waals surface area contributed by atoms with Crippen LogP contribution in [-0.2, 0) is 6.54 Å². The van der Waals surface area contributed by atoms with Gasteiger partial charge in [-0.05, 0) is 42.2 Å². The molecule has 0 aliphatic carbocycles. The lowest BCUT2D eigenvalue weighted by atomic mass is 9.77. The summed E-state index contributed by atoms with van der Waals surface area (Å²) >= 11 is 0. The number of nitrogens with two attached hydrogens (primary N) is 1. The highest BCUT2D eigenvalue weighted by Crippen LogP contribution is 2.35. The van der Waals surface area contributed by atoms with Gasteiger partial charge in [0.1, 0.15) is 0 Å². The summed E-state index contributed by atoms with van der Waals surface area (Å²) in [5.41, 5.74) is 8.92. The fourth-order valence-corrected chi connectivity index (χ4v) is 3.20. The van der Waals surface area contributed by atoms with Gasteiger partial charge in [-0.1, -0.05) is 39.0 Å². The standard InChI is InChI=1S/C17H28N2/c1-17(2,3)15-8-6-11-19(12-10-15)16-9-5-4-7-14(16)13-18/h4-5,7,9,15H,6,8,10-13,18H2,1-3H3. The van der Waals surface area contributed by atoms with Crippen molar-refractivity contribution in [3.8, 4) is 0 Å². The van der Waals surface area contributed by atoms with Crippen LogP contribution in [0, 0.1) is 11.3 Å². The molecule has 1 aliphatic heterocycles. The van der Waals surface area contributed by atoms with Crippen LogP contribution >= 0.6 is 0 Å². The smallest absolute Gasteiger partial charge is 0.0411 e. The predicted octanol–water partition coefficient (Wildman–Crippen LogP) is 3.80. The molecule has 0 spiro atoms. The highest BCUT2D eigenvalue weighted by molar-refractivity contribution is 5.53. The Balaban J connectivity index is 2.11. The van der Waals surface area contributed by atoms with Gasteiger partial charge in [0.25, 0.3) is 0 Å². The van der Waals surface area contributed by atoms with Gasteiger partial charge in [-0.2, -0.15) is 0 Å². The van der Waals surface area contributed by atoms with Crippen LogP contribution < -0.4 is 10.6 Å². The van der Waals surface area contributed by atoms with Crippen LogP contribution in [0.2, 0.25) is 0 Å². The van der Waals surface area contributed by atoms with Crippen LogP contribution in [-0.4, -0.2) is 13.1 Å². The molecule has 1 saturated heterocycles. The van der Waals surface area contributed by atoms with Crippen molar-refractivity contribution in [2.45, 2.75) is 46.6 Å². The normalized spacial score (nSPS) is 21.3. The van der Waals surface area contributed by atoms with Crippen LogP contribution in [0.4, 0.5) is 5.69 Å². The summed E-state index contributed by atoms with van der Waals surface area (Å²) in [6.45, 7) is 10.1. The Labute approximate surface area is 118 Å². The van der Waals surface area contributed by atoms with Crippen LogP contribution in [0.3, 0.4) is 0 Å². The molecular formula is C17H28N2. The third kappa shape index (κ3) is 3.50. The molecule has 0 aromatic heterocycles. The minimum absolute atomic E-state index is 0.434. The predicted molar refractivity (Wildman–Crippen MR) is 83.3 cm³/mol. The molecule has 1 aromatic rings. The molecule has 2 N–H and O–H groups in total. The summed E-state index contributed by atoms with van der Waals surface area (Å²) in [6.07, 6.45) is 3.94. The Bertz CT molecular complexity index is 406. The molecule has 1 heterocycles. The van der Waals surface area contributed by atoms with Gasteiger partial charge in [-0.25, -0.2) is 0 Å². The summed E-state index contributed by atoms with van der Waals surface area (Å²) in [6, 6.07) is 8.59. The van der Waals surface area contributed by atoms with E-state index < -0.39 is 0 Å². The monoisotopic (exact) mass is 260 g/mol. The molecule has 0 amide bonds. The lowest BCUT2D eigenvalue weighted by Crippen LogP contribution is -2.27. The lowest BCUT2D eigenvalue weighted by molar-refractivity contribution is 0.220. The average Bonchev–Trinajstić information content (AvgIpc) is 2.64. The van der Waals surface area contributed by atoms with E-state index in [0.717, 1.165) is 5.92 Å². The SMILES string of the molecule is CC(C)(C)C1CCCN(c2ccccc2CN)CC1. The Kier molecular flexibility index (Phi) is 4.51. The molecule has 0 saturated carbocycles. The molecule has 2 heteroatoms. The molecule has 0 radical (unpaired) electrons. The maximum Gasteiger partial charge on any atom is 0.0411 e. The summed E-state index contributed by atoms with van der Waals surface area (Å²) < 4.78 is 0. The second-order valence-corrected chi connectivity index (χ2v) is 6.81. The number of hydrogen-bond donors (Lipinski definition) is 1. The fraction of sp³-hybridized carbons (Fsp3) is 0.647. The van der Waals surface area contributed by atoms with E-state index in [2.05, 4.69) is 49.9 Å². The Morgan fingerprint density at radius 2 is 1.89 bits per heavy atom. The van der Waals surface area contributed by atoms with Crippen molar-refractivity contribution in [1.82, 2.24) is 0 Å². The summed E-state index contributed by atoms with van der Waals surface area (Å²) in [5.74, 6) is 0.836. The minimum atomic E-state index is 0.434. The van der Waals surface area contributed by atoms with E-state index in [1.807, 2.05) is 0 Å². The van der Waals surface area contributed by atoms with Gasteiger partial charge in [-0.15, -0.1) is 0 Å². The first-order chi connectivity index (χ1) is 9.02. The zero-order chi connectivity index (χ0) is 13.9. The van der Waals surface area contributed by atoms with Gasteiger partial charge in [0.2, 0.25) is 0 Å². The molecule has 2 nitrogen and oxygen atoms in total.